The van der Waals surface area contributed by atoms with E-state index >= 15 is 0 Å². The molecule has 0 atom stereocenters. The molecular formula is C24H16N2O5. The van der Waals surface area contributed by atoms with Crippen molar-refractivity contribution in [3.8, 4) is 5.75 Å². The van der Waals surface area contributed by atoms with E-state index in [1.54, 1.807) is 48.5 Å². The van der Waals surface area contributed by atoms with Crippen molar-refractivity contribution in [2.75, 3.05) is 16.9 Å². The number of rotatable bonds is 3. The molecule has 0 saturated carbocycles. The molecule has 0 fully saturated rings. The van der Waals surface area contributed by atoms with Crippen LogP contribution in [0.15, 0.2) is 60.7 Å². The fraction of sp³-hybridized carbons (Fsp3) is 0.0833. The summed E-state index contributed by atoms with van der Waals surface area (Å²) in [5, 5.41) is 0. The summed E-state index contributed by atoms with van der Waals surface area (Å²) in [5.74, 6) is -1.37. The maximum Gasteiger partial charge on any atom is 0.266 e. The number of hydrogen-bond donors (Lipinski definition) is 0. The minimum absolute atomic E-state index is 0.242. The molecule has 0 saturated heterocycles. The summed E-state index contributed by atoms with van der Waals surface area (Å²) in [5.41, 5.74) is 2.61. The lowest BCUT2D eigenvalue weighted by atomic mass is 10.1. The predicted octanol–water partition coefficient (Wildman–Crippen LogP) is 3.60. The molecule has 0 radical (unpaired) electrons. The number of anilines is 2. The Bertz CT molecular complexity index is 1330. The molecular weight excluding hydrogens is 396 g/mol. The highest BCUT2D eigenvalue weighted by molar-refractivity contribution is 6.36. The highest BCUT2D eigenvalue weighted by atomic mass is 16.5. The molecule has 0 spiro atoms. The van der Waals surface area contributed by atoms with Gasteiger partial charge in [0.25, 0.3) is 23.6 Å². The number of aryl methyl sites for hydroxylation is 1. The molecule has 7 heteroatoms. The van der Waals surface area contributed by atoms with Gasteiger partial charge in [0.1, 0.15) is 5.75 Å². The molecule has 0 N–H and O–H groups in total. The minimum Gasteiger partial charge on any atom is -0.497 e. The lowest BCUT2D eigenvalue weighted by Crippen LogP contribution is -2.31. The van der Waals surface area contributed by atoms with Crippen molar-refractivity contribution in [1.29, 1.82) is 0 Å². The zero-order valence-electron chi connectivity index (χ0n) is 16.7. The van der Waals surface area contributed by atoms with Crippen LogP contribution >= 0.6 is 0 Å². The Labute approximate surface area is 177 Å². The van der Waals surface area contributed by atoms with E-state index in [1.165, 1.54) is 19.2 Å². The van der Waals surface area contributed by atoms with Gasteiger partial charge >= 0.3 is 0 Å². The second-order valence-electron chi connectivity index (χ2n) is 7.37. The molecule has 2 heterocycles. The number of carbonyl (C=O) groups excluding carboxylic acids is 4. The van der Waals surface area contributed by atoms with Gasteiger partial charge in [-0.1, -0.05) is 17.7 Å². The first-order valence-electron chi connectivity index (χ1n) is 9.57. The SMILES string of the molecule is COc1ccc2c(c1)C(=O)N(c1cccc(N3C(=O)c4ccc(C)cc4C3=O)c1)C2=O. The van der Waals surface area contributed by atoms with E-state index < -0.39 is 23.6 Å². The highest BCUT2D eigenvalue weighted by Gasteiger charge is 2.39. The molecule has 4 amide bonds. The van der Waals surface area contributed by atoms with Gasteiger partial charge in [-0.05, 0) is 55.5 Å². The summed E-state index contributed by atoms with van der Waals surface area (Å²) in [6.45, 7) is 1.85. The summed E-state index contributed by atoms with van der Waals surface area (Å²) in [7, 11) is 1.48. The van der Waals surface area contributed by atoms with Gasteiger partial charge in [-0.3, -0.25) is 19.2 Å². The smallest absolute Gasteiger partial charge is 0.266 e. The Balaban J connectivity index is 1.54. The number of benzene rings is 3. The quantitative estimate of drug-likeness (QED) is 0.614. The van der Waals surface area contributed by atoms with Crippen LogP contribution in [0.1, 0.15) is 47.0 Å². The average molecular weight is 412 g/mol. The van der Waals surface area contributed by atoms with Crippen molar-refractivity contribution < 1.29 is 23.9 Å². The normalized spacial score (nSPS) is 14.9. The predicted molar refractivity (Wildman–Crippen MR) is 113 cm³/mol. The molecule has 3 aromatic carbocycles. The van der Waals surface area contributed by atoms with E-state index in [0.717, 1.165) is 15.4 Å². The van der Waals surface area contributed by atoms with Gasteiger partial charge in [0.05, 0.1) is 40.7 Å². The monoisotopic (exact) mass is 412 g/mol. The largest absolute Gasteiger partial charge is 0.497 e. The zero-order valence-corrected chi connectivity index (χ0v) is 16.7. The Hall–Kier alpha value is -4.26. The van der Waals surface area contributed by atoms with Crippen LogP contribution in [0.2, 0.25) is 0 Å². The summed E-state index contributed by atoms with van der Waals surface area (Å²) in [4.78, 5) is 53.7. The summed E-state index contributed by atoms with van der Waals surface area (Å²) >= 11 is 0. The van der Waals surface area contributed by atoms with Gasteiger partial charge in [0, 0.05) is 0 Å². The van der Waals surface area contributed by atoms with Gasteiger partial charge < -0.3 is 4.74 Å². The van der Waals surface area contributed by atoms with Gasteiger partial charge in [-0.15, -0.1) is 0 Å². The number of fused-ring (bicyclic) bond motifs is 2. The van der Waals surface area contributed by atoms with E-state index in [2.05, 4.69) is 0 Å². The van der Waals surface area contributed by atoms with Crippen LogP contribution in [0.3, 0.4) is 0 Å². The molecule has 31 heavy (non-hydrogen) atoms. The third-order valence-corrected chi connectivity index (χ3v) is 5.48. The Morgan fingerprint density at radius 2 is 1.13 bits per heavy atom. The summed E-state index contributed by atoms with van der Waals surface area (Å²) in [6.07, 6.45) is 0. The van der Waals surface area contributed by atoms with Crippen LogP contribution in [0.4, 0.5) is 11.4 Å². The fourth-order valence-corrected chi connectivity index (χ4v) is 3.94. The molecule has 0 aromatic heterocycles. The van der Waals surface area contributed by atoms with Gasteiger partial charge in [0.15, 0.2) is 0 Å². The van der Waals surface area contributed by atoms with Crippen LogP contribution in [0.25, 0.3) is 0 Å². The Kier molecular flexibility index (Phi) is 4.01. The number of methoxy groups -OCH3 is 1. The average Bonchev–Trinajstić information content (AvgIpc) is 3.17. The van der Waals surface area contributed by atoms with Crippen molar-refractivity contribution in [1.82, 2.24) is 0 Å². The van der Waals surface area contributed by atoms with E-state index in [0.29, 0.717) is 16.9 Å². The topological polar surface area (TPSA) is 84.0 Å². The van der Waals surface area contributed by atoms with Crippen molar-refractivity contribution >= 4 is 35.0 Å². The van der Waals surface area contributed by atoms with E-state index in [9.17, 15) is 19.2 Å². The van der Waals surface area contributed by atoms with Crippen molar-refractivity contribution in [2.45, 2.75) is 6.92 Å². The van der Waals surface area contributed by atoms with Crippen molar-refractivity contribution in [3.05, 3.63) is 88.5 Å². The highest BCUT2D eigenvalue weighted by Crippen LogP contribution is 2.35. The Morgan fingerprint density at radius 1 is 0.613 bits per heavy atom. The standard InChI is InChI=1S/C24H16N2O5/c1-13-6-8-17-19(10-13)23(29)25(21(17)27)14-4-3-5-15(11-14)26-22(28)18-9-7-16(31-2)12-20(18)24(26)30/h3-12H,1-2H3. The maximum atomic E-state index is 13.0. The minimum atomic E-state index is -0.492. The molecule has 0 aliphatic carbocycles. The number of ether oxygens (including phenoxy) is 1. The number of amides is 4. The van der Waals surface area contributed by atoms with Crippen LogP contribution in [0.5, 0.6) is 5.75 Å². The van der Waals surface area contributed by atoms with Crippen LogP contribution < -0.4 is 14.5 Å². The molecule has 3 aromatic rings. The third kappa shape index (κ3) is 2.67. The second kappa shape index (κ2) is 6.63. The lowest BCUT2D eigenvalue weighted by Gasteiger charge is -2.18. The van der Waals surface area contributed by atoms with Gasteiger partial charge in [-0.25, -0.2) is 9.80 Å². The van der Waals surface area contributed by atoms with E-state index in [-0.39, 0.29) is 22.5 Å². The van der Waals surface area contributed by atoms with Gasteiger partial charge in [-0.2, -0.15) is 0 Å². The first kappa shape index (κ1) is 18.7. The first-order chi connectivity index (χ1) is 14.9. The zero-order chi connectivity index (χ0) is 21.9. The molecule has 2 aliphatic heterocycles. The molecule has 0 unspecified atom stereocenters. The molecule has 7 nitrogen and oxygen atoms in total. The summed E-state index contributed by atoms with van der Waals surface area (Å²) in [6, 6.07) is 16.0. The fourth-order valence-electron chi connectivity index (χ4n) is 3.94. The second-order valence-corrected chi connectivity index (χ2v) is 7.37. The molecule has 2 aliphatic rings. The van der Waals surface area contributed by atoms with Gasteiger partial charge in [0.2, 0.25) is 0 Å². The van der Waals surface area contributed by atoms with E-state index in [4.69, 9.17) is 4.74 Å². The maximum absolute atomic E-state index is 13.0. The molecule has 152 valence electrons. The number of hydrogen-bond acceptors (Lipinski definition) is 5. The summed E-state index contributed by atoms with van der Waals surface area (Å²) < 4.78 is 5.15. The number of imide groups is 2. The molecule has 0 bridgehead atoms. The lowest BCUT2D eigenvalue weighted by molar-refractivity contribution is 0.0912. The molecule has 5 rings (SSSR count). The van der Waals surface area contributed by atoms with Crippen LogP contribution in [0, 0.1) is 6.92 Å². The van der Waals surface area contributed by atoms with E-state index in [1.807, 2.05) is 6.92 Å². The van der Waals surface area contributed by atoms with Crippen molar-refractivity contribution in [2.24, 2.45) is 0 Å². The van der Waals surface area contributed by atoms with Crippen molar-refractivity contribution in [3.63, 3.8) is 0 Å². The Morgan fingerprint density at radius 3 is 1.71 bits per heavy atom. The number of nitrogens with zero attached hydrogens (tertiary/aromatic N) is 2. The third-order valence-electron chi connectivity index (χ3n) is 5.48. The van der Waals surface area contributed by atoms with Crippen LogP contribution in [-0.2, 0) is 0 Å². The first-order valence-corrected chi connectivity index (χ1v) is 9.57. The van der Waals surface area contributed by atoms with Crippen LogP contribution in [-0.4, -0.2) is 30.7 Å². The number of carbonyl (C=O) groups is 4.